The van der Waals surface area contributed by atoms with Crippen molar-refractivity contribution in [3.63, 3.8) is 0 Å². The number of nitrogens with zero attached hydrogens (tertiary/aromatic N) is 1. The lowest BCUT2D eigenvalue weighted by Crippen LogP contribution is -2.45. The van der Waals surface area contributed by atoms with Gasteiger partial charge in [0, 0.05) is 18.7 Å². The van der Waals surface area contributed by atoms with Crippen LogP contribution in [0.1, 0.15) is 24.8 Å². The van der Waals surface area contributed by atoms with Crippen molar-refractivity contribution in [3.8, 4) is 0 Å². The quantitative estimate of drug-likeness (QED) is 0.854. The Balaban J connectivity index is 1.68. The van der Waals surface area contributed by atoms with Crippen LogP contribution in [0.15, 0.2) is 18.2 Å². The summed E-state index contributed by atoms with van der Waals surface area (Å²) >= 11 is 0. The van der Waals surface area contributed by atoms with Gasteiger partial charge < -0.3 is 15.3 Å². The highest BCUT2D eigenvalue weighted by Gasteiger charge is 2.41. The number of halogens is 1. The third-order valence-corrected chi connectivity index (χ3v) is 4.61. The number of rotatable bonds is 5. The first-order valence-electron chi connectivity index (χ1n) is 7.96. The molecule has 0 spiro atoms. The third-order valence-electron chi connectivity index (χ3n) is 4.61. The highest BCUT2D eigenvalue weighted by atomic mass is 19.1. The van der Waals surface area contributed by atoms with Gasteiger partial charge in [-0.05, 0) is 49.4 Å². The number of nitrogens with one attached hydrogen (secondary N) is 1. The van der Waals surface area contributed by atoms with Crippen LogP contribution < -0.4 is 10.2 Å². The lowest BCUT2D eigenvalue weighted by atomic mass is 10.1. The maximum Gasteiger partial charge on any atom is 0.326 e. The molecule has 1 aromatic carbocycles. The van der Waals surface area contributed by atoms with E-state index < -0.39 is 23.8 Å². The Morgan fingerprint density at radius 3 is 2.67 bits per heavy atom. The second kappa shape index (κ2) is 6.22. The van der Waals surface area contributed by atoms with E-state index in [-0.39, 0.29) is 30.6 Å². The van der Waals surface area contributed by atoms with Gasteiger partial charge >= 0.3 is 5.97 Å². The van der Waals surface area contributed by atoms with Crippen LogP contribution in [0.2, 0.25) is 0 Å². The van der Waals surface area contributed by atoms with Gasteiger partial charge in [0.2, 0.25) is 11.8 Å². The van der Waals surface area contributed by atoms with Gasteiger partial charge in [0.25, 0.3) is 0 Å². The molecule has 24 heavy (non-hydrogen) atoms. The van der Waals surface area contributed by atoms with Crippen molar-refractivity contribution >= 4 is 23.5 Å². The summed E-state index contributed by atoms with van der Waals surface area (Å²) in [6.45, 7) is 1.78. The SMILES string of the molecule is Cc1cc(N2CC(C(=O)NC(C(=O)O)C3CC3)CC2=O)ccc1F. The van der Waals surface area contributed by atoms with Crippen molar-refractivity contribution < 1.29 is 23.9 Å². The Kier molecular flexibility index (Phi) is 4.26. The number of hydrogen-bond acceptors (Lipinski definition) is 3. The lowest BCUT2D eigenvalue weighted by Gasteiger charge is -2.19. The summed E-state index contributed by atoms with van der Waals surface area (Å²) in [6, 6.07) is 3.48. The van der Waals surface area contributed by atoms with E-state index in [2.05, 4.69) is 5.32 Å². The van der Waals surface area contributed by atoms with E-state index in [9.17, 15) is 23.9 Å². The molecule has 0 radical (unpaired) electrons. The molecule has 2 N–H and O–H groups in total. The van der Waals surface area contributed by atoms with Crippen LogP contribution >= 0.6 is 0 Å². The molecule has 1 saturated carbocycles. The van der Waals surface area contributed by atoms with Crippen molar-refractivity contribution in [3.05, 3.63) is 29.6 Å². The van der Waals surface area contributed by atoms with Crippen LogP contribution in [0.3, 0.4) is 0 Å². The number of carboxylic acids is 1. The lowest BCUT2D eigenvalue weighted by molar-refractivity contribution is -0.143. The van der Waals surface area contributed by atoms with Gasteiger partial charge in [0.15, 0.2) is 0 Å². The number of carboxylic acid groups (broad SMARTS) is 1. The second-order valence-electron chi connectivity index (χ2n) is 6.50. The molecule has 1 aromatic rings. The van der Waals surface area contributed by atoms with E-state index in [4.69, 9.17) is 0 Å². The zero-order valence-corrected chi connectivity index (χ0v) is 13.3. The summed E-state index contributed by atoms with van der Waals surface area (Å²) in [7, 11) is 0. The number of amides is 2. The number of carbonyl (C=O) groups excluding carboxylic acids is 2. The Hall–Kier alpha value is -2.44. The summed E-state index contributed by atoms with van der Waals surface area (Å²) < 4.78 is 13.4. The Labute approximate surface area is 138 Å². The molecule has 7 heteroatoms. The highest BCUT2D eigenvalue weighted by Crippen LogP contribution is 2.33. The van der Waals surface area contributed by atoms with E-state index in [0.29, 0.717) is 11.3 Å². The smallest absolute Gasteiger partial charge is 0.326 e. The molecule has 2 fully saturated rings. The molecular weight excluding hydrogens is 315 g/mol. The van der Waals surface area contributed by atoms with Crippen LogP contribution in [0.5, 0.6) is 0 Å². The minimum Gasteiger partial charge on any atom is -0.480 e. The average Bonchev–Trinajstić information content (AvgIpc) is 3.29. The average molecular weight is 334 g/mol. The molecule has 1 heterocycles. The van der Waals surface area contributed by atoms with Crippen molar-refractivity contribution in [1.29, 1.82) is 0 Å². The molecule has 128 valence electrons. The van der Waals surface area contributed by atoms with Crippen LogP contribution in [0.25, 0.3) is 0 Å². The molecule has 3 rings (SSSR count). The molecule has 1 aliphatic carbocycles. The first-order chi connectivity index (χ1) is 11.4. The first-order valence-corrected chi connectivity index (χ1v) is 7.96. The van der Waals surface area contributed by atoms with E-state index >= 15 is 0 Å². The number of anilines is 1. The summed E-state index contributed by atoms with van der Waals surface area (Å²) in [5, 5.41) is 11.7. The molecular formula is C17H19FN2O4. The summed E-state index contributed by atoms with van der Waals surface area (Å²) in [4.78, 5) is 37.2. The molecule has 2 unspecified atom stereocenters. The van der Waals surface area contributed by atoms with Crippen molar-refractivity contribution in [2.24, 2.45) is 11.8 Å². The number of aliphatic carboxylic acids is 1. The Morgan fingerprint density at radius 2 is 2.08 bits per heavy atom. The van der Waals surface area contributed by atoms with Gasteiger partial charge in [-0.3, -0.25) is 9.59 Å². The number of benzene rings is 1. The van der Waals surface area contributed by atoms with Crippen LogP contribution in [0, 0.1) is 24.6 Å². The predicted octanol–water partition coefficient (Wildman–Crippen LogP) is 1.47. The molecule has 1 aliphatic heterocycles. The van der Waals surface area contributed by atoms with E-state index in [1.807, 2.05) is 0 Å². The maximum atomic E-state index is 13.4. The van der Waals surface area contributed by atoms with Gasteiger partial charge in [-0.2, -0.15) is 0 Å². The fraction of sp³-hybridized carbons (Fsp3) is 0.471. The molecule has 0 aromatic heterocycles. The van der Waals surface area contributed by atoms with E-state index in [0.717, 1.165) is 12.8 Å². The van der Waals surface area contributed by atoms with Crippen molar-refractivity contribution in [1.82, 2.24) is 5.32 Å². The highest BCUT2D eigenvalue weighted by molar-refractivity contribution is 6.00. The summed E-state index contributed by atoms with van der Waals surface area (Å²) in [5.41, 5.74) is 0.971. The fourth-order valence-corrected chi connectivity index (χ4v) is 3.01. The van der Waals surface area contributed by atoms with Crippen LogP contribution in [-0.2, 0) is 14.4 Å². The second-order valence-corrected chi connectivity index (χ2v) is 6.50. The first kappa shape index (κ1) is 16.4. The van der Waals surface area contributed by atoms with Gasteiger partial charge in [0.1, 0.15) is 11.9 Å². The van der Waals surface area contributed by atoms with Gasteiger partial charge in [-0.25, -0.2) is 9.18 Å². The monoisotopic (exact) mass is 334 g/mol. The fourth-order valence-electron chi connectivity index (χ4n) is 3.01. The van der Waals surface area contributed by atoms with Crippen molar-refractivity contribution in [2.75, 3.05) is 11.4 Å². The van der Waals surface area contributed by atoms with Crippen LogP contribution in [0.4, 0.5) is 10.1 Å². The molecule has 2 atom stereocenters. The minimum absolute atomic E-state index is 0.0144. The van der Waals surface area contributed by atoms with E-state index in [1.54, 1.807) is 13.0 Å². The minimum atomic E-state index is -1.04. The molecule has 2 aliphatic rings. The topological polar surface area (TPSA) is 86.7 Å². The molecule has 1 saturated heterocycles. The number of aryl methyl sites for hydroxylation is 1. The van der Waals surface area contributed by atoms with Gasteiger partial charge in [-0.1, -0.05) is 0 Å². The number of hydrogen-bond donors (Lipinski definition) is 2. The summed E-state index contributed by atoms with van der Waals surface area (Å²) in [5.74, 6) is -2.64. The normalized spacial score (nSPS) is 21.7. The van der Waals surface area contributed by atoms with Crippen molar-refractivity contribution in [2.45, 2.75) is 32.2 Å². The largest absolute Gasteiger partial charge is 0.480 e. The Morgan fingerprint density at radius 1 is 1.38 bits per heavy atom. The molecule has 6 nitrogen and oxygen atoms in total. The Bertz CT molecular complexity index is 702. The summed E-state index contributed by atoms with van der Waals surface area (Å²) in [6.07, 6.45) is 1.61. The van der Waals surface area contributed by atoms with E-state index in [1.165, 1.54) is 17.0 Å². The predicted molar refractivity (Wildman–Crippen MR) is 83.9 cm³/mol. The number of carbonyl (C=O) groups is 3. The maximum absolute atomic E-state index is 13.4. The molecule has 2 amide bonds. The molecule has 0 bridgehead atoms. The third kappa shape index (κ3) is 3.25. The zero-order valence-electron chi connectivity index (χ0n) is 13.3. The van der Waals surface area contributed by atoms with Gasteiger partial charge in [0.05, 0.1) is 5.92 Å². The standard InChI is InChI=1S/C17H19FN2O4/c1-9-6-12(4-5-13(9)18)20-8-11(7-14(20)21)16(22)19-15(17(23)24)10-2-3-10/h4-6,10-11,15H,2-3,7-8H2,1H3,(H,19,22)(H,23,24). The van der Waals surface area contributed by atoms with Gasteiger partial charge in [-0.15, -0.1) is 0 Å². The van der Waals surface area contributed by atoms with Crippen LogP contribution in [-0.4, -0.2) is 35.5 Å². The zero-order chi connectivity index (χ0) is 17.4.